The smallest absolute Gasteiger partial charge is 0.232 e. The van der Waals surface area contributed by atoms with E-state index in [9.17, 15) is 9.18 Å². The molecule has 0 aliphatic carbocycles. The number of rotatable bonds is 3. The first-order valence-electron chi connectivity index (χ1n) is 9.74. The number of aryl methyl sites for hydroxylation is 2. The molecule has 5 nitrogen and oxygen atoms in total. The molecule has 0 N–H and O–H groups in total. The van der Waals surface area contributed by atoms with Crippen molar-refractivity contribution < 1.29 is 23.1 Å². The summed E-state index contributed by atoms with van der Waals surface area (Å²) >= 11 is 0. The molecule has 1 aromatic heterocycles. The second kappa shape index (κ2) is 7.15. The Morgan fingerprint density at radius 2 is 1.93 bits per heavy atom. The van der Waals surface area contributed by atoms with Gasteiger partial charge in [0, 0.05) is 19.2 Å². The van der Waals surface area contributed by atoms with Crippen molar-refractivity contribution in [1.82, 2.24) is 4.90 Å². The number of carbonyl (C=O) groups is 1. The van der Waals surface area contributed by atoms with Gasteiger partial charge in [-0.05, 0) is 55.3 Å². The summed E-state index contributed by atoms with van der Waals surface area (Å²) in [6, 6.07) is 12.0. The van der Waals surface area contributed by atoms with Crippen LogP contribution in [0.3, 0.4) is 0 Å². The summed E-state index contributed by atoms with van der Waals surface area (Å²) in [5, 5.41) is 0. The van der Waals surface area contributed by atoms with Gasteiger partial charge < -0.3 is 13.9 Å². The first kappa shape index (κ1) is 18.6. The van der Waals surface area contributed by atoms with E-state index in [0.717, 1.165) is 28.2 Å². The highest BCUT2D eigenvalue weighted by molar-refractivity contribution is 6.15. The van der Waals surface area contributed by atoms with Gasteiger partial charge in [-0.1, -0.05) is 12.1 Å². The maximum atomic E-state index is 13.2. The number of allylic oxidation sites excluding steroid dienone is 1. The number of halogens is 1. The monoisotopic (exact) mass is 405 g/mol. The fourth-order valence-electron chi connectivity index (χ4n) is 3.89. The van der Waals surface area contributed by atoms with E-state index < -0.39 is 0 Å². The van der Waals surface area contributed by atoms with Gasteiger partial charge in [0.15, 0.2) is 5.76 Å². The summed E-state index contributed by atoms with van der Waals surface area (Å²) in [6.07, 6.45) is 1.63. The molecule has 0 atom stereocenters. The van der Waals surface area contributed by atoms with Crippen LogP contribution in [0.25, 0.3) is 6.08 Å². The lowest BCUT2D eigenvalue weighted by molar-refractivity contribution is 0.0872. The molecule has 0 unspecified atom stereocenters. The number of benzene rings is 2. The van der Waals surface area contributed by atoms with Crippen molar-refractivity contribution in [1.29, 1.82) is 0 Å². The van der Waals surface area contributed by atoms with Crippen LogP contribution in [0.4, 0.5) is 4.39 Å². The maximum absolute atomic E-state index is 13.2. The number of ketones is 1. The van der Waals surface area contributed by atoms with E-state index in [2.05, 4.69) is 4.90 Å². The fourth-order valence-corrected chi connectivity index (χ4v) is 3.89. The topological polar surface area (TPSA) is 51.9 Å². The molecule has 0 radical (unpaired) electrons. The van der Waals surface area contributed by atoms with E-state index >= 15 is 0 Å². The van der Waals surface area contributed by atoms with Gasteiger partial charge in [-0.2, -0.15) is 0 Å². The zero-order valence-corrected chi connectivity index (χ0v) is 16.7. The van der Waals surface area contributed by atoms with Crippen molar-refractivity contribution in [3.63, 3.8) is 0 Å². The Kier molecular flexibility index (Phi) is 4.44. The Morgan fingerprint density at radius 3 is 2.67 bits per heavy atom. The third kappa shape index (κ3) is 3.29. The Labute approximate surface area is 173 Å². The van der Waals surface area contributed by atoms with E-state index in [1.807, 2.05) is 26.0 Å². The largest absolute Gasteiger partial charge is 0.478 e. The van der Waals surface area contributed by atoms with Gasteiger partial charge in [0.2, 0.25) is 5.78 Å². The molecule has 6 heteroatoms. The molecule has 0 saturated carbocycles. The molecule has 5 rings (SSSR count). The lowest BCUT2D eigenvalue weighted by atomic mass is 9.98. The minimum atomic E-state index is -0.259. The predicted molar refractivity (Wildman–Crippen MR) is 109 cm³/mol. The third-order valence-corrected chi connectivity index (χ3v) is 5.34. The van der Waals surface area contributed by atoms with Crippen LogP contribution in [0.15, 0.2) is 52.6 Å². The maximum Gasteiger partial charge on any atom is 0.232 e. The summed E-state index contributed by atoms with van der Waals surface area (Å²) in [7, 11) is 0. The van der Waals surface area contributed by atoms with E-state index in [-0.39, 0.29) is 17.4 Å². The van der Waals surface area contributed by atoms with Crippen molar-refractivity contribution in [2.45, 2.75) is 26.9 Å². The number of hydrogen-bond acceptors (Lipinski definition) is 5. The Balaban J connectivity index is 1.45. The number of carbonyl (C=O) groups excluding carboxylic acids is 1. The Hall–Kier alpha value is -3.38. The second-order valence-corrected chi connectivity index (χ2v) is 7.65. The highest BCUT2D eigenvalue weighted by Crippen LogP contribution is 2.44. The first-order chi connectivity index (χ1) is 14.5. The number of Topliss-reactive ketones (excluding diaryl/α,β-unsaturated/α-hetero) is 1. The summed E-state index contributed by atoms with van der Waals surface area (Å²) in [4.78, 5) is 15.1. The summed E-state index contributed by atoms with van der Waals surface area (Å²) < 4.78 is 30.7. The summed E-state index contributed by atoms with van der Waals surface area (Å²) in [6.45, 7) is 5.31. The Bertz CT molecular complexity index is 1180. The molecule has 3 aromatic rings. The second-order valence-electron chi connectivity index (χ2n) is 7.65. The molecule has 3 heterocycles. The van der Waals surface area contributed by atoms with Crippen molar-refractivity contribution in [3.05, 3.63) is 87.8 Å². The highest BCUT2D eigenvalue weighted by Gasteiger charge is 2.35. The van der Waals surface area contributed by atoms with Crippen LogP contribution in [-0.4, -0.2) is 17.4 Å². The third-order valence-electron chi connectivity index (χ3n) is 5.34. The predicted octanol–water partition coefficient (Wildman–Crippen LogP) is 5.00. The highest BCUT2D eigenvalue weighted by atomic mass is 19.1. The zero-order valence-electron chi connectivity index (χ0n) is 16.7. The fraction of sp³-hybridized carbons (Fsp3) is 0.208. The molecular formula is C24H20FNO4. The molecule has 2 aliphatic heterocycles. The van der Waals surface area contributed by atoms with Gasteiger partial charge in [0.25, 0.3) is 0 Å². The van der Waals surface area contributed by atoms with Crippen LogP contribution < -0.4 is 9.47 Å². The Morgan fingerprint density at radius 1 is 1.13 bits per heavy atom. The number of nitrogens with zero attached hydrogens (tertiary/aromatic N) is 1. The molecule has 0 bridgehead atoms. The van der Waals surface area contributed by atoms with Crippen LogP contribution in [0.2, 0.25) is 0 Å². The number of fused-ring (bicyclic) bond motifs is 3. The minimum absolute atomic E-state index is 0.157. The molecule has 2 aliphatic rings. The first-order valence-corrected chi connectivity index (χ1v) is 9.74. The van der Waals surface area contributed by atoms with Crippen LogP contribution >= 0.6 is 0 Å². The summed E-state index contributed by atoms with van der Waals surface area (Å²) in [5.41, 5.74) is 3.21. The molecule has 0 saturated heterocycles. The van der Waals surface area contributed by atoms with Crippen LogP contribution in [0.1, 0.15) is 38.6 Å². The minimum Gasteiger partial charge on any atom is -0.478 e. The van der Waals surface area contributed by atoms with Crippen LogP contribution in [0.5, 0.6) is 11.5 Å². The van der Waals surface area contributed by atoms with E-state index in [1.54, 1.807) is 24.3 Å². The van der Waals surface area contributed by atoms with E-state index in [1.165, 1.54) is 12.1 Å². The van der Waals surface area contributed by atoms with Crippen molar-refractivity contribution >= 4 is 11.9 Å². The standard InChI is InChI=1S/C24H20FNO4/c1-14-9-20-19(12-26(13-28-20)11-16-4-6-17(25)7-5-16)24-22(14)23(27)21(30-24)10-18-8-3-15(2)29-18/h3-10H,11-13H2,1-2H3/b21-10-. The van der Waals surface area contributed by atoms with Crippen LogP contribution in [0, 0.1) is 19.7 Å². The van der Waals surface area contributed by atoms with Crippen molar-refractivity contribution in [2.75, 3.05) is 6.73 Å². The van der Waals surface area contributed by atoms with Crippen molar-refractivity contribution in [3.8, 4) is 11.5 Å². The normalized spacial score (nSPS) is 16.9. The SMILES string of the molecule is Cc1ccc(/C=C2\Oc3c4c(cc(C)c3C2=O)OCN(Cc2ccc(F)cc2)C4)o1. The number of furan rings is 1. The number of hydrogen-bond donors (Lipinski definition) is 0. The van der Waals surface area contributed by atoms with Crippen LogP contribution in [-0.2, 0) is 13.1 Å². The molecule has 30 heavy (non-hydrogen) atoms. The van der Waals surface area contributed by atoms with Gasteiger partial charge in [-0.15, -0.1) is 0 Å². The lowest BCUT2D eigenvalue weighted by Crippen LogP contribution is -2.31. The average molecular weight is 405 g/mol. The molecule has 0 fully saturated rings. The molecular weight excluding hydrogens is 385 g/mol. The quantitative estimate of drug-likeness (QED) is 0.574. The zero-order chi connectivity index (χ0) is 20.8. The van der Waals surface area contributed by atoms with Gasteiger partial charge in [-0.3, -0.25) is 9.69 Å². The average Bonchev–Trinajstić information content (AvgIpc) is 3.28. The van der Waals surface area contributed by atoms with Gasteiger partial charge in [0.1, 0.15) is 35.6 Å². The van der Waals surface area contributed by atoms with Gasteiger partial charge >= 0.3 is 0 Å². The van der Waals surface area contributed by atoms with Gasteiger partial charge in [0.05, 0.1) is 11.1 Å². The summed E-state index contributed by atoms with van der Waals surface area (Å²) in [5.74, 6) is 2.44. The molecule has 0 amide bonds. The van der Waals surface area contributed by atoms with Crippen molar-refractivity contribution in [2.24, 2.45) is 0 Å². The molecule has 2 aromatic carbocycles. The lowest BCUT2D eigenvalue weighted by Gasteiger charge is -2.30. The number of ether oxygens (including phenoxy) is 2. The van der Waals surface area contributed by atoms with E-state index in [0.29, 0.717) is 36.9 Å². The molecule has 0 spiro atoms. The van der Waals surface area contributed by atoms with E-state index in [4.69, 9.17) is 13.9 Å². The molecule has 152 valence electrons. The van der Waals surface area contributed by atoms with Gasteiger partial charge in [-0.25, -0.2) is 4.39 Å².